The molecule has 1 saturated carbocycles. The van der Waals surface area contributed by atoms with Crippen LogP contribution < -0.4 is 0 Å². The highest BCUT2D eigenvalue weighted by molar-refractivity contribution is 5.94. The van der Waals surface area contributed by atoms with Crippen LogP contribution in [0.25, 0.3) is 5.82 Å². The van der Waals surface area contributed by atoms with E-state index in [2.05, 4.69) is 15.3 Å². The summed E-state index contributed by atoms with van der Waals surface area (Å²) in [5, 5.41) is 16.2. The van der Waals surface area contributed by atoms with Gasteiger partial charge in [-0.05, 0) is 25.0 Å². The minimum Gasteiger partial charge on any atom is -0.480 e. The Balaban J connectivity index is 1.79. The molecule has 132 valence electrons. The Morgan fingerprint density at radius 3 is 2.56 bits per heavy atom. The van der Waals surface area contributed by atoms with Crippen LogP contribution in [0, 0.1) is 0 Å². The molecule has 2 aromatic rings. The molecule has 11 heteroatoms. The van der Waals surface area contributed by atoms with Crippen molar-refractivity contribution < 1.29 is 27.9 Å². The predicted molar refractivity (Wildman–Crippen MR) is 75.9 cm³/mol. The number of hydrogen-bond acceptors (Lipinski definition) is 5. The fraction of sp³-hybridized carbons (Fsp3) is 0.357. The summed E-state index contributed by atoms with van der Waals surface area (Å²) in [6, 6.07) is 1.80. The number of aromatic nitrogens is 4. The molecule has 25 heavy (non-hydrogen) atoms. The summed E-state index contributed by atoms with van der Waals surface area (Å²) in [4.78, 5) is 28.1. The lowest BCUT2D eigenvalue weighted by molar-refractivity contribution is -0.138. The van der Waals surface area contributed by atoms with E-state index in [4.69, 9.17) is 5.11 Å². The Kier molecular flexibility index (Phi) is 4.15. The molecule has 0 saturated heterocycles. The molecule has 0 atom stereocenters. The first kappa shape index (κ1) is 16.9. The average molecular weight is 355 g/mol. The Hall–Kier alpha value is -2.98. The van der Waals surface area contributed by atoms with E-state index in [0.717, 1.165) is 16.8 Å². The molecule has 0 bridgehead atoms. The van der Waals surface area contributed by atoms with Gasteiger partial charge < -0.3 is 10.0 Å². The van der Waals surface area contributed by atoms with Crippen molar-refractivity contribution in [3.8, 4) is 5.82 Å². The molecule has 0 unspecified atom stereocenters. The number of carboxylic acid groups (broad SMARTS) is 1. The van der Waals surface area contributed by atoms with Gasteiger partial charge in [0.15, 0.2) is 11.5 Å². The van der Waals surface area contributed by atoms with Gasteiger partial charge >= 0.3 is 12.1 Å². The van der Waals surface area contributed by atoms with Gasteiger partial charge in [0.1, 0.15) is 6.54 Å². The van der Waals surface area contributed by atoms with E-state index in [1.807, 2.05) is 0 Å². The quantitative estimate of drug-likeness (QED) is 0.869. The number of amides is 1. The van der Waals surface area contributed by atoms with Gasteiger partial charge in [0.05, 0.1) is 11.8 Å². The highest BCUT2D eigenvalue weighted by Gasteiger charge is 2.35. The number of carbonyl (C=O) groups excluding carboxylic acids is 1. The van der Waals surface area contributed by atoms with Crippen LogP contribution in [-0.2, 0) is 11.0 Å². The molecule has 1 aliphatic rings. The van der Waals surface area contributed by atoms with Gasteiger partial charge in [-0.25, -0.2) is 9.67 Å². The van der Waals surface area contributed by atoms with Crippen molar-refractivity contribution in [1.82, 2.24) is 24.9 Å². The van der Waals surface area contributed by atoms with Crippen molar-refractivity contribution in [3.05, 3.63) is 35.8 Å². The molecule has 8 nitrogen and oxygen atoms in total. The van der Waals surface area contributed by atoms with Crippen molar-refractivity contribution >= 4 is 11.9 Å². The topological polar surface area (TPSA) is 101 Å². The molecule has 1 amide bonds. The summed E-state index contributed by atoms with van der Waals surface area (Å²) >= 11 is 0. The number of pyridine rings is 1. The fourth-order valence-electron chi connectivity index (χ4n) is 2.21. The molecule has 1 aliphatic carbocycles. The van der Waals surface area contributed by atoms with Crippen LogP contribution in [0.3, 0.4) is 0 Å². The number of halogens is 3. The van der Waals surface area contributed by atoms with Gasteiger partial charge in [-0.2, -0.15) is 13.2 Å². The molecule has 0 aliphatic heterocycles. The number of aliphatic carboxylic acids is 1. The second-order valence-electron chi connectivity index (χ2n) is 5.51. The van der Waals surface area contributed by atoms with E-state index in [9.17, 15) is 22.8 Å². The van der Waals surface area contributed by atoms with Crippen LogP contribution in [-0.4, -0.2) is 54.4 Å². The zero-order chi connectivity index (χ0) is 18.2. The van der Waals surface area contributed by atoms with Crippen LogP contribution in [0.1, 0.15) is 28.9 Å². The highest BCUT2D eigenvalue weighted by Crippen LogP contribution is 2.29. The summed E-state index contributed by atoms with van der Waals surface area (Å²) in [5.74, 6) is -1.68. The van der Waals surface area contributed by atoms with Gasteiger partial charge in [-0.15, -0.1) is 5.10 Å². The zero-order valence-corrected chi connectivity index (χ0v) is 12.6. The van der Waals surface area contributed by atoms with Crippen molar-refractivity contribution in [2.24, 2.45) is 0 Å². The van der Waals surface area contributed by atoms with Gasteiger partial charge in [0, 0.05) is 12.2 Å². The Morgan fingerprint density at radius 1 is 1.32 bits per heavy atom. The summed E-state index contributed by atoms with van der Waals surface area (Å²) in [5.41, 5.74) is -1.01. The third-order valence-corrected chi connectivity index (χ3v) is 3.58. The molecule has 0 spiro atoms. The number of nitrogens with zero attached hydrogens (tertiary/aromatic N) is 5. The van der Waals surface area contributed by atoms with Crippen LogP contribution in [0.5, 0.6) is 0 Å². The Labute approximate surface area is 138 Å². The van der Waals surface area contributed by atoms with E-state index in [1.165, 1.54) is 11.1 Å². The third-order valence-electron chi connectivity index (χ3n) is 3.58. The van der Waals surface area contributed by atoms with Crippen LogP contribution in [0.2, 0.25) is 0 Å². The van der Waals surface area contributed by atoms with Crippen molar-refractivity contribution in [3.63, 3.8) is 0 Å². The number of carboxylic acids is 1. The molecule has 0 aromatic carbocycles. The summed E-state index contributed by atoms with van der Waals surface area (Å²) < 4.78 is 38.7. The van der Waals surface area contributed by atoms with E-state index < -0.39 is 30.2 Å². The lowest BCUT2D eigenvalue weighted by atomic mass is 10.3. The molecule has 2 heterocycles. The maximum atomic E-state index is 12.5. The molecular formula is C14H12F3N5O3. The maximum Gasteiger partial charge on any atom is 0.417 e. The molecule has 2 aromatic heterocycles. The molecule has 1 N–H and O–H groups in total. The van der Waals surface area contributed by atoms with Crippen molar-refractivity contribution in [2.75, 3.05) is 6.54 Å². The van der Waals surface area contributed by atoms with E-state index in [0.29, 0.717) is 19.0 Å². The molecule has 0 radical (unpaired) electrons. The largest absolute Gasteiger partial charge is 0.480 e. The Morgan fingerprint density at radius 2 is 2.04 bits per heavy atom. The normalized spacial score (nSPS) is 14.4. The Bertz CT molecular complexity index is 799. The third kappa shape index (κ3) is 3.75. The zero-order valence-electron chi connectivity index (χ0n) is 12.6. The smallest absolute Gasteiger partial charge is 0.417 e. The molecule has 3 rings (SSSR count). The number of hydrogen-bond donors (Lipinski definition) is 1. The molecular weight excluding hydrogens is 343 g/mol. The van der Waals surface area contributed by atoms with Gasteiger partial charge in [-0.1, -0.05) is 5.21 Å². The maximum absolute atomic E-state index is 12.5. The van der Waals surface area contributed by atoms with Gasteiger partial charge in [0.25, 0.3) is 5.91 Å². The minimum atomic E-state index is -4.50. The second-order valence-corrected chi connectivity index (χ2v) is 5.51. The molecule has 1 fully saturated rings. The fourth-order valence-corrected chi connectivity index (χ4v) is 2.21. The van der Waals surface area contributed by atoms with Crippen LogP contribution in [0.15, 0.2) is 24.5 Å². The van der Waals surface area contributed by atoms with Gasteiger partial charge in [-0.3, -0.25) is 9.59 Å². The van der Waals surface area contributed by atoms with Crippen LogP contribution >= 0.6 is 0 Å². The lowest BCUT2D eigenvalue weighted by Gasteiger charge is -2.18. The first-order valence-corrected chi connectivity index (χ1v) is 7.24. The van der Waals surface area contributed by atoms with E-state index in [1.54, 1.807) is 0 Å². The number of carbonyl (C=O) groups is 2. The highest BCUT2D eigenvalue weighted by atomic mass is 19.4. The SMILES string of the molecule is O=C(O)CN(C(=O)c1cn(-c2ccc(C(F)(F)F)cn2)nn1)C1CC1. The first-order chi connectivity index (χ1) is 11.8. The first-order valence-electron chi connectivity index (χ1n) is 7.24. The summed E-state index contributed by atoms with van der Waals surface area (Å²) in [6.45, 7) is -0.450. The average Bonchev–Trinajstić information content (AvgIpc) is 3.27. The monoisotopic (exact) mass is 355 g/mol. The van der Waals surface area contributed by atoms with Crippen molar-refractivity contribution in [2.45, 2.75) is 25.1 Å². The lowest BCUT2D eigenvalue weighted by Crippen LogP contribution is -2.37. The summed E-state index contributed by atoms with van der Waals surface area (Å²) in [6.07, 6.45) is -1.22. The van der Waals surface area contributed by atoms with E-state index in [-0.39, 0.29) is 17.6 Å². The standard InChI is InChI=1S/C14H12F3N5O3/c15-14(16,17)8-1-4-11(18-5-8)22-6-10(19-20-22)13(25)21(7-12(23)24)9-2-3-9/h1,4-6,9H,2-3,7H2,(H,23,24). The minimum absolute atomic E-state index is 0.0516. The van der Waals surface area contributed by atoms with Gasteiger partial charge in [0.2, 0.25) is 0 Å². The van der Waals surface area contributed by atoms with Crippen molar-refractivity contribution in [1.29, 1.82) is 0 Å². The summed E-state index contributed by atoms with van der Waals surface area (Å²) in [7, 11) is 0. The van der Waals surface area contributed by atoms with E-state index >= 15 is 0 Å². The number of alkyl halides is 3. The van der Waals surface area contributed by atoms with Crippen LogP contribution in [0.4, 0.5) is 13.2 Å². The second kappa shape index (κ2) is 6.15. The number of rotatable bonds is 5. The predicted octanol–water partition coefficient (Wildman–Crippen LogP) is 1.37.